The van der Waals surface area contributed by atoms with Crippen LogP contribution in [0.1, 0.15) is 19.4 Å². The fraction of sp³-hybridized carbons (Fsp3) is 0.294. The maximum atomic E-state index is 6.22. The van der Waals surface area contributed by atoms with Gasteiger partial charge in [-0.3, -0.25) is 0 Å². The second-order valence-corrected chi connectivity index (χ2v) is 5.38. The molecule has 0 atom stereocenters. The summed E-state index contributed by atoms with van der Waals surface area (Å²) in [5.41, 5.74) is 2.04. The minimum absolute atomic E-state index is 0.106. The zero-order valence-corrected chi connectivity index (χ0v) is 13.3. The van der Waals surface area contributed by atoms with E-state index in [0.717, 1.165) is 17.0 Å². The van der Waals surface area contributed by atoms with Crippen molar-refractivity contribution in [2.75, 3.05) is 12.4 Å². The predicted octanol–water partition coefficient (Wildman–Crippen LogP) is 4.75. The average Bonchev–Trinajstić information content (AvgIpc) is 2.47. The van der Waals surface area contributed by atoms with Gasteiger partial charge in [-0.1, -0.05) is 29.8 Å². The predicted molar refractivity (Wildman–Crippen MR) is 87.5 cm³/mol. The van der Waals surface area contributed by atoms with Crippen molar-refractivity contribution in [2.45, 2.75) is 26.5 Å². The van der Waals surface area contributed by atoms with Gasteiger partial charge in [-0.15, -0.1) is 0 Å². The molecule has 4 heteroatoms. The minimum atomic E-state index is 0.106. The summed E-state index contributed by atoms with van der Waals surface area (Å²) in [6.07, 6.45) is 0.106. The smallest absolute Gasteiger partial charge is 0.138 e. The second-order valence-electron chi connectivity index (χ2n) is 4.98. The first kappa shape index (κ1) is 15.5. The number of anilines is 1. The first-order valence-electron chi connectivity index (χ1n) is 6.92. The number of halogens is 1. The Bertz CT molecular complexity index is 599. The van der Waals surface area contributed by atoms with Gasteiger partial charge in [0.2, 0.25) is 0 Å². The Morgan fingerprint density at radius 1 is 1.10 bits per heavy atom. The van der Waals surface area contributed by atoms with Crippen LogP contribution in [0.4, 0.5) is 5.69 Å². The molecule has 2 rings (SSSR count). The zero-order chi connectivity index (χ0) is 15.2. The summed E-state index contributed by atoms with van der Waals surface area (Å²) in [6.45, 7) is 4.62. The van der Waals surface area contributed by atoms with E-state index < -0.39 is 0 Å². The summed E-state index contributed by atoms with van der Waals surface area (Å²) in [5, 5.41) is 3.94. The number of hydrogen-bond donors (Lipinski definition) is 1. The van der Waals surface area contributed by atoms with Crippen LogP contribution in [0.5, 0.6) is 11.5 Å². The van der Waals surface area contributed by atoms with E-state index in [1.807, 2.05) is 56.3 Å². The molecule has 0 aromatic heterocycles. The molecular formula is C17H20ClNO2. The van der Waals surface area contributed by atoms with Gasteiger partial charge in [0.25, 0.3) is 0 Å². The fourth-order valence-electron chi connectivity index (χ4n) is 2.01. The Kier molecular flexibility index (Phi) is 5.34. The number of para-hydroxylation sites is 1. The van der Waals surface area contributed by atoms with E-state index in [0.29, 0.717) is 17.3 Å². The van der Waals surface area contributed by atoms with E-state index in [4.69, 9.17) is 21.1 Å². The number of methoxy groups -OCH3 is 1. The summed E-state index contributed by atoms with van der Waals surface area (Å²) in [5.74, 6) is 1.57. The van der Waals surface area contributed by atoms with Crippen LogP contribution in [0.2, 0.25) is 5.02 Å². The van der Waals surface area contributed by atoms with Crippen LogP contribution in [0.3, 0.4) is 0 Å². The quantitative estimate of drug-likeness (QED) is 0.835. The molecule has 0 saturated heterocycles. The maximum absolute atomic E-state index is 6.22. The molecular weight excluding hydrogens is 286 g/mol. The molecule has 2 aromatic rings. The molecule has 0 amide bonds. The van der Waals surface area contributed by atoms with Crippen LogP contribution in [-0.2, 0) is 6.54 Å². The molecule has 0 heterocycles. The third-order valence-electron chi connectivity index (χ3n) is 2.97. The molecule has 0 saturated carbocycles. The van der Waals surface area contributed by atoms with Crippen LogP contribution in [0, 0.1) is 0 Å². The standard InChI is InChI=1S/C17H20ClNO2/c1-12(2)21-17-9-8-14(10-15(17)18)19-11-13-6-4-5-7-16(13)20-3/h4-10,12,19H,11H2,1-3H3. The Labute approximate surface area is 130 Å². The Balaban J connectivity index is 2.05. The third-order valence-corrected chi connectivity index (χ3v) is 3.27. The van der Waals surface area contributed by atoms with Crippen molar-refractivity contribution in [1.29, 1.82) is 0 Å². The average molecular weight is 306 g/mol. The van der Waals surface area contributed by atoms with Crippen molar-refractivity contribution in [3.8, 4) is 11.5 Å². The lowest BCUT2D eigenvalue weighted by molar-refractivity contribution is 0.242. The SMILES string of the molecule is COc1ccccc1CNc1ccc(OC(C)C)c(Cl)c1. The number of nitrogens with one attached hydrogen (secondary N) is 1. The van der Waals surface area contributed by atoms with Gasteiger partial charge in [0.1, 0.15) is 11.5 Å². The van der Waals surface area contributed by atoms with Gasteiger partial charge >= 0.3 is 0 Å². The van der Waals surface area contributed by atoms with E-state index >= 15 is 0 Å². The van der Waals surface area contributed by atoms with Gasteiger partial charge < -0.3 is 14.8 Å². The molecule has 0 fully saturated rings. The molecule has 0 unspecified atom stereocenters. The summed E-state index contributed by atoms with van der Waals surface area (Å²) < 4.78 is 11.0. The van der Waals surface area contributed by atoms with Crippen LogP contribution in [-0.4, -0.2) is 13.2 Å². The molecule has 1 N–H and O–H groups in total. The van der Waals surface area contributed by atoms with Crippen molar-refractivity contribution in [3.63, 3.8) is 0 Å². The Morgan fingerprint density at radius 3 is 2.52 bits per heavy atom. The van der Waals surface area contributed by atoms with E-state index in [1.54, 1.807) is 7.11 Å². The molecule has 112 valence electrons. The van der Waals surface area contributed by atoms with Crippen molar-refractivity contribution in [2.24, 2.45) is 0 Å². The van der Waals surface area contributed by atoms with E-state index in [1.165, 1.54) is 0 Å². The highest BCUT2D eigenvalue weighted by atomic mass is 35.5. The van der Waals surface area contributed by atoms with E-state index in [2.05, 4.69) is 5.32 Å². The van der Waals surface area contributed by atoms with Gasteiger partial charge in [0, 0.05) is 17.8 Å². The van der Waals surface area contributed by atoms with Gasteiger partial charge in [0.15, 0.2) is 0 Å². The van der Waals surface area contributed by atoms with E-state index in [9.17, 15) is 0 Å². The summed E-state index contributed by atoms with van der Waals surface area (Å²) in [7, 11) is 1.67. The van der Waals surface area contributed by atoms with Crippen molar-refractivity contribution < 1.29 is 9.47 Å². The maximum Gasteiger partial charge on any atom is 0.138 e. The fourth-order valence-corrected chi connectivity index (χ4v) is 2.23. The van der Waals surface area contributed by atoms with Crippen LogP contribution in [0.15, 0.2) is 42.5 Å². The van der Waals surface area contributed by atoms with Crippen molar-refractivity contribution in [1.82, 2.24) is 0 Å². The monoisotopic (exact) mass is 305 g/mol. The van der Waals surface area contributed by atoms with Crippen molar-refractivity contribution in [3.05, 3.63) is 53.1 Å². The van der Waals surface area contributed by atoms with Crippen LogP contribution < -0.4 is 14.8 Å². The Hall–Kier alpha value is -1.87. The topological polar surface area (TPSA) is 30.5 Å². The first-order chi connectivity index (χ1) is 10.1. The summed E-state index contributed by atoms with van der Waals surface area (Å²) in [6, 6.07) is 13.6. The molecule has 0 bridgehead atoms. The van der Waals surface area contributed by atoms with Crippen molar-refractivity contribution >= 4 is 17.3 Å². The second kappa shape index (κ2) is 7.23. The molecule has 0 aliphatic heterocycles. The number of hydrogen-bond acceptors (Lipinski definition) is 3. The summed E-state index contributed by atoms with van der Waals surface area (Å²) in [4.78, 5) is 0. The highest BCUT2D eigenvalue weighted by Crippen LogP contribution is 2.29. The van der Waals surface area contributed by atoms with E-state index in [-0.39, 0.29) is 6.10 Å². The van der Waals surface area contributed by atoms with Gasteiger partial charge in [-0.05, 0) is 38.1 Å². The number of rotatable bonds is 6. The molecule has 0 radical (unpaired) electrons. The van der Waals surface area contributed by atoms with Crippen LogP contribution in [0.25, 0.3) is 0 Å². The number of ether oxygens (including phenoxy) is 2. The molecule has 2 aromatic carbocycles. The minimum Gasteiger partial charge on any atom is -0.496 e. The third kappa shape index (κ3) is 4.30. The molecule has 3 nitrogen and oxygen atoms in total. The molecule has 0 aliphatic rings. The largest absolute Gasteiger partial charge is 0.496 e. The normalized spacial score (nSPS) is 10.5. The van der Waals surface area contributed by atoms with Gasteiger partial charge in [-0.2, -0.15) is 0 Å². The lowest BCUT2D eigenvalue weighted by Gasteiger charge is -2.14. The molecule has 21 heavy (non-hydrogen) atoms. The highest BCUT2D eigenvalue weighted by Gasteiger charge is 2.06. The van der Waals surface area contributed by atoms with Gasteiger partial charge in [-0.25, -0.2) is 0 Å². The summed E-state index contributed by atoms with van der Waals surface area (Å²) >= 11 is 6.22. The Morgan fingerprint density at radius 2 is 1.86 bits per heavy atom. The lowest BCUT2D eigenvalue weighted by Crippen LogP contribution is -2.06. The highest BCUT2D eigenvalue weighted by molar-refractivity contribution is 6.32. The zero-order valence-electron chi connectivity index (χ0n) is 12.5. The number of benzene rings is 2. The molecule has 0 aliphatic carbocycles. The lowest BCUT2D eigenvalue weighted by atomic mass is 10.2. The first-order valence-corrected chi connectivity index (χ1v) is 7.30. The van der Waals surface area contributed by atoms with Gasteiger partial charge in [0.05, 0.1) is 18.2 Å². The van der Waals surface area contributed by atoms with Crippen LogP contribution >= 0.6 is 11.6 Å². The molecule has 0 spiro atoms.